The molecule has 1 aromatic carbocycles. The molecule has 0 aliphatic heterocycles. The molecule has 1 amide bonds. The number of nitrogens with zero attached hydrogens (tertiary/aromatic N) is 1. The fourth-order valence-corrected chi connectivity index (χ4v) is 2.06. The first-order chi connectivity index (χ1) is 8.90. The summed E-state index contributed by atoms with van der Waals surface area (Å²) in [5, 5.41) is 2.87. The van der Waals surface area contributed by atoms with Gasteiger partial charge in [0.15, 0.2) is 0 Å². The molecule has 0 bridgehead atoms. The van der Waals surface area contributed by atoms with Crippen molar-refractivity contribution in [2.75, 3.05) is 13.6 Å². The molecule has 3 N–H and O–H groups in total. The monoisotopic (exact) mass is 279 g/mol. The molecule has 1 aromatic rings. The van der Waals surface area contributed by atoms with Crippen LogP contribution in [0.15, 0.2) is 24.3 Å². The zero-order valence-corrected chi connectivity index (χ0v) is 12.5. The second kappa shape index (κ2) is 7.21. The normalized spacial score (nSPS) is 10.8. The Balaban J connectivity index is 2.64. The second-order valence-corrected chi connectivity index (χ2v) is 5.36. The van der Waals surface area contributed by atoms with Crippen molar-refractivity contribution in [3.63, 3.8) is 0 Å². The van der Waals surface area contributed by atoms with Gasteiger partial charge in [-0.3, -0.25) is 9.69 Å². The van der Waals surface area contributed by atoms with E-state index in [-0.39, 0.29) is 11.9 Å². The van der Waals surface area contributed by atoms with Crippen molar-refractivity contribution >= 4 is 23.1 Å². The van der Waals surface area contributed by atoms with Crippen LogP contribution in [0.5, 0.6) is 0 Å². The van der Waals surface area contributed by atoms with Crippen molar-refractivity contribution < 1.29 is 4.79 Å². The lowest BCUT2D eigenvalue weighted by Crippen LogP contribution is -2.38. The lowest BCUT2D eigenvalue weighted by atomic mass is 10.1. The highest BCUT2D eigenvalue weighted by molar-refractivity contribution is 7.80. The van der Waals surface area contributed by atoms with Crippen LogP contribution in [0.25, 0.3) is 0 Å². The highest BCUT2D eigenvalue weighted by Crippen LogP contribution is 2.10. The first-order valence-electron chi connectivity index (χ1n) is 6.25. The zero-order valence-electron chi connectivity index (χ0n) is 11.6. The highest BCUT2D eigenvalue weighted by atomic mass is 32.1. The predicted octanol–water partition coefficient (Wildman–Crippen LogP) is 1.28. The molecule has 0 aromatic heterocycles. The minimum absolute atomic E-state index is 0.0188. The van der Waals surface area contributed by atoms with Crippen molar-refractivity contribution in [2.24, 2.45) is 5.73 Å². The SMILES string of the molecule is CC(C)NC(=O)CN(C)Cc1ccccc1C(N)=S. The maximum absolute atomic E-state index is 11.7. The van der Waals surface area contributed by atoms with Gasteiger partial charge in [-0.15, -0.1) is 0 Å². The number of thiocarbonyl (C=S) groups is 1. The standard InChI is InChI=1S/C14H21N3OS/c1-10(2)16-13(18)9-17(3)8-11-6-4-5-7-12(11)14(15)19/h4-7,10H,8-9H2,1-3H3,(H2,15,19)(H,16,18). The van der Waals surface area contributed by atoms with E-state index < -0.39 is 0 Å². The molecule has 5 heteroatoms. The molecular formula is C14H21N3OS. The Morgan fingerprint density at radius 1 is 1.42 bits per heavy atom. The smallest absolute Gasteiger partial charge is 0.234 e. The van der Waals surface area contributed by atoms with E-state index in [0.717, 1.165) is 11.1 Å². The van der Waals surface area contributed by atoms with Crippen LogP contribution in [0.1, 0.15) is 25.0 Å². The summed E-state index contributed by atoms with van der Waals surface area (Å²) in [5.74, 6) is 0.0188. The van der Waals surface area contributed by atoms with Crippen molar-refractivity contribution in [1.82, 2.24) is 10.2 Å². The van der Waals surface area contributed by atoms with Gasteiger partial charge in [0.05, 0.1) is 6.54 Å². The van der Waals surface area contributed by atoms with Crippen molar-refractivity contribution in [2.45, 2.75) is 26.4 Å². The van der Waals surface area contributed by atoms with Crippen LogP contribution in [0, 0.1) is 0 Å². The van der Waals surface area contributed by atoms with Crippen LogP contribution in [-0.4, -0.2) is 35.4 Å². The lowest BCUT2D eigenvalue weighted by Gasteiger charge is -2.19. The third kappa shape index (κ3) is 5.36. The number of likely N-dealkylation sites (N-methyl/N-ethyl adjacent to an activating group) is 1. The van der Waals surface area contributed by atoms with Crippen LogP contribution in [0.3, 0.4) is 0 Å². The minimum atomic E-state index is 0.0188. The van der Waals surface area contributed by atoms with Gasteiger partial charge in [-0.1, -0.05) is 36.5 Å². The first-order valence-corrected chi connectivity index (χ1v) is 6.66. The van der Waals surface area contributed by atoms with E-state index in [4.69, 9.17) is 18.0 Å². The number of hydrogen-bond acceptors (Lipinski definition) is 3. The molecule has 104 valence electrons. The number of nitrogens with one attached hydrogen (secondary N) is 1. The summed E-state index contributed by atoms with van der Waals surface area (Å²) >= 11 is 5.03. The fourth-order valence-electron chi connectivity index (χ4n) is 1.86. The van der Waals surface area contributed by atoms with Crippen LogP contribution >= 0.6 is 12.2 Å². The van der Waals surface area contributed by atoms with Crippen LogP contribution in [-0.2, 0) is 11.3 Å². The molecular weight excluding hydrogens is 258 g/mol. The molecule has 0 radical (unpaired) electrons. The van der Waals surface area contributed by atoms with Crippen LogP contribution < -0.4 is 11.1 Å². The molecule has 0 aliphatic rings. The summed E-state index contributed by atoms with van der Waals surface area (Å²) in [6.07, 6.45) is 0. The van der Waals surface area contributed by atoms with Gasteiger partial charge in [0.2, 0.25) is 5.91 Å². The number of rotatable bonds is 6. The summed E-state index contributed by atoms with van der Waals surface area (Å²) in [5.41, 5.74) is 7.60. The number of carbonyl (C=O) groups excluding carboxylic acids is 1. The summed E-state index contributed by atoms with van der Waals surface area (Å²) < 4.78 is 0. The van der Waals surface area contributed by atoms with E-state index >= 15 is 0 Å². The first kappa shape index (κ1) is 15.6. The third-order valence-corrected chi connectivity index (χ3v) is 2.81. The average molecular weight is 279 g/mol. The zero-order chi connectivity index (χ0) is 14.4. The van der Waals surface area contributed by atoms with Gasteiger partial charge < -0.3 is 11.1 Å². The van der Waals surface area contributed by atoms with E-state index in [1.807, 2.05) is 50.1 Å². The predicted molar refractivity (Wildman–Crippen MR) is 81.9 cm³/mol. The Labute approximate surface area is 120 Å². The van der Waals surface area contributed by atoms with Crippen molar-refractivity contribution in [3.8, 4) is 0 Å². The Morgan fingerprint density at radius 3 is 2.63 bits per heavy atom. The lowest BCUT2D eigenvalue weighted by molar-refractivity contribution is -0.122. The number of hydrogen-bond donors (Lipinski definition) is 2. The summed E-state index contributed by atoms with van der Waals surface area (Å²) in [4.78, 5) is 14.0. The number of amides is 1. The largest absolute Gasteiger partial charge is 0.389 e. The summed E-state index contributed by atoms with van der Waals surface area (Å²) in [6, 6.07) is 7.89. The molecule has 19 heavy (non-hydrogen) atoms. The van der Waals surface area contributed by atoms with Gasteiger partial charge in [0.25, 0.3) is 0 Å². The number of nitrogens with two attached hydrogens (primary N) is 1. The summed E-state index contributed by atoms with van der Waals surface area (Å²) in [7, 11) is 1.90. The average Bonchev–Trinajstić information content (AvgIpc) is 2.27. The highest BCUT2D eigenvalue weighted by Gasteiger charge is 2.10. The molecule has 0 spiro atoms. The third-order valence-electron chi connectivity index (χ3n) is 2.59. The molecule has 0 unspecified atom stereocenters. The van der Waals surface area contributed by atoms with Gasteiger partial charge in [0.1, 0.15) is 4.99 Å². The quantitative estimate of drug-likeness (QED) is 0.770. The van der Waals surface area contributed by atoms with Gasteiger partial charge >= 0.3 is 0 Å². The maximum Gasteiger partial charge on any atom is 0.234 e. The van der Waals surface area contributed by atoms with Crippen molar-refractivity contribution in [1.29, 1.82) is 0 Å². The Bertz CT molecular complexity index is 460. The molecule has 0 atom stereocenters. The van der Waals surface area contributed by atoms with Crippen molar-refractivity contribution in [3.05, 3.63) is 35.4 Å². The van der Waals surface area contributed by atoms with Crippen LogP contribution in [0.2, 0.25) is 0 Å². The van der Waals surface area contributed by atoms with Gasteiger partial charge in [-0.25, -0.2) is 0 Å². The number of benzene rings is 1. The van der Waals surface area contributed by atoms with Crippen LogP contribution in [0.4, 0.5) is 0 Å². The van der Waals surface area contributed by atoms with E-state index in [0.29, 0.717) is 18.1 Å². The fraction of sp³-hybridized carbons (Fsp3) is 0.429. The van der Waals surface area contributed by atoms with E-state index in [1.54, 1.807) is 0 Å². The van der Waals surface area contributed by atoms with E-state index in [9.17, 15) is 4.79 Å². The number of carbonyl (C=O) groups is 1. The Hall–Kier alpha value is -1.46. The molecule has 0 saturated heterocycles. The minimum Gasteiger partial charge on any atom is -0.389 e. The van der Waals surface area contributed by atoms with E-state index in [1.165, 1.54) is 0 Å². The Kier molecular flexibility index (Phi) is 5.92. The summed E-state index contributed by atoms with van der Waals surface area (Å²) in [6.45, 7) is 4.88. The van der Waals surface area contributed by atoms with Gasteiger partial charge in [-0.2, -0.15) is 0 Å². The molecule has 0 heterocycles. The Morgan fingerprint density at radius 2 is 2.05 bits per heavy atom. The van der Waals surface area contributed by atoms with E-state index in [2.05, 4.69) is 5.32 Å². The van der Waals surface area contributed by atoms with Gasteiger partial charge in [0, 0.05) is 18.2 Å². The van der Waals surface area contributed by atoms with Gasteiger partial charge in [-0.05, 0) is 26.5 Å². The molecule has 0 saturated carbocycles. The molecule has 0 aliphatic carbocycles. The molecule has 0 fully saturated rings. The maximum atomic E-state index is 11.7. The topological polar surface area (TPSA) is 58.4 Å². The molecule has 1 rings (SSSR count). The molecule has 4 nitrogen and oxygen atoms in total. The second-order valence-electron chi connectivity index (χ2n) is 4.92.